The van der Waals surface area contributed by atoms with Gasteiger partial charge in [-0.25, -0.2) is 0 Å². The number of hydrogen-bond acceptors (Lipinski definition) is 8. The summed E-state index contributed by atoms with van der Waals surface area (Å²) in [6.45, 7) is 10.3. The lowest BCUT2D eigenvalue weighted by Gasteiger charge is -2.64. The monoisotopic (exact) mass is 576 g/mol. The summed E-state index contributed by atoms with van der Waals surface area (Å²) < 4.78 is 17.6. The highest BCUT2D eigenvalue weighted by atomic mass is 35.5. The van der Waals surface area contributed by atoms with Crippen LogP contribution in [0.4, 0.5) is 0 Å². The summed E-state index contributed by atoms with van der Waals surface area (Å²) in [5, 5.41) is 0. The van der Waals surface area contributed by atoms with E-state index in [-0.39, 0.29) is 43.3 Å². The van der Waals surface area contributed by atoms with Gasteiger partial charge in [0.1, 0.15) is 6.10 Å². The molecule has 0 N–H and O–H groups in total. The summed E-state index contributed by atoms with van der Waals surface area (Å²) in [6, 6.07) is 0. The van der Waals surface area contributed by atoms with Gasteiger partial charge in [0.05, 0.1) is 4.87 Å². The Morgan fingerprint density at radius 3 is 2.27 bits per heavy atom. The minimum Gasteiger partial charge on any atom is -0.460 e. The third kappa shape index (κ3) is 4.27. The number of halogens is 1. The molecule has 0 saturated heterocycles. The van der Waals surface area contributed by atoms with Crippen LogP contribution in [0.25, 0.3) is 0 Å². The van der Waals surface area contributed by atoms with Crippen LogP contribution in [0.15, 0.2) is 23.8 Å². The number of carbonyl (C=O) groups excluding carboxylic acids is 5. The number of fused-ring (bicyclic) bond motifs is 5. The number of Topliss-reactive ketones (excluding diaryl/α,β-unsaturated/α-hetero) is 1. The molecule has 0 unspecified atom stereocenters. The summed E-state index contributed by atoms with van der Waals surface area (Å²) in [6.07, 6.45) is 6.46. The number of carbonyl (C=O) groups is 5. The van der Waals surface area contributed by atoms with Crippen LogP contribution in [0.2, 0.25) is 0 Å². The van der Waals surface area contributed by atoms with E-state index in [1.807, 2.05) is 26.8 Å². The molecule has 0 aromatic heterocycles. The van der Waals surface area contributed by atoms with E-state index >= 15 is 0 Å². The summed E-state index contributed by atoms with van der Waals surface area (Å²) in [7, 11) is 0. The average Bonchev–Trinajstić information content (AvgIpc) is 3.14. The Kier molecular flexibility index (Phi) is 8.18. The van der Waals surface area contributed by atoms with Gasteiger partial charge in [0.25, 0.3) is 0 Å². The maximum Gasteiger partial charge on any atom is 0.306 e. The van der Waals surface area contributed by atoms with Crippen LogP contribution in [0.5, 0.6) is 0 Å². The molecule has 0 radical (unpaired) electrons. The number of esters is 3. The molecule has 0 aromatic rings. The van der Waals surface area contributed by atoms with E-state index in [4.69, 9.17) is 25.8 Å². The number of ether oxygens (including phenoxy) is 3. The topological polar surface area (TPSA) is 113 Å². The van der Waals surface area contributed by atoms with Crippen LogP contribution in [-0.4, -0.2) is 52.7 Å². The summed E-state index contributed by atoms with van der Waals surface area (Å²) in [5.41, 5.74) is -2.41. The number of hydrogen-bond donors (Lipinski definition) is 0. The largest absolute Gasteiger partial charge is 0.460 e. The van der Waals surface area contributed by atoms with Crippen LogP contribution in [0, 0.1) is 28.6 Å². The molecule has 220 valence electrons. The van der Waals surface area contributed by atoms with Crippen molar-refractivity contribution in [2.24, 2.45) is 28.6 Å². The normalized spacial score (nSPS) is 39.8. The SMILES string of the molecule is CCC(=O)OCC(=O)[C@@]1(OC(=O)CC)[C@@H](C)C[C@H]2[C@@H]3CCC4=CC(=O)C=C[C@]4(C)[C@@]3(Cl)[C@@H](OC(=O)CC)C[C@@]21C. The predicted molar refractivity (Wildman–Crippen MR) is 147 cm³/mol. The Balaban J connectivity index is 1.88. The number of rotatable bonds is 8. The van der Waals surface area contributed by atoms with Gasteiger partial charge in [-0.1, -0.05) is 53.2 Å². The number of ketones is 2. The smallest absolute Gasteiger partial charge is 0.306 e. The molecule has 0 heterocycles. The van der Waals surface area contributed by atoms with Crippen LogP contribution in [0.3, 0.4) is 0 Å². The second kappa shape index (κ2) is 10.7. The Hall–Kier alpha value is -2.48. The van der Waals surface area contributed by atoms with E-state index in [1.165, 1.54) is 6.08 Å². The number of alkyl halides is 1. The van der Waals surface area contributed by atoms with Crippen molar-refractivity contribution in [2.45, 2.75) is 103 Å². The average molecular weight is 577 g/mol. The highest BCUT2D eigenvalue weighted by molar-refractivity contribution is 6.26. The third-order valence-corrected chi connectivity index (χ3v) is 11.3. The molecule has 4 aliphatic carbocycles. The third-order valence-electron chi connectivity index (χ3n) is 10.3. The van der Waals surface area contributed by atoms with Gasteiger partial charge in [-0.15, -0.1) is 11.6 Å². The molecule has 8 nitrogen and oxygen atoms in total. The van der Waals surface area contributed by atoms with E-state index in [0.29, 0.717) is 19.3 Å². The Morgan fingerprint density at radius 1 is 1.00 bits per heavy atom. The minimum absolute atomic E-state index is 0.0689. The van der Waals surface area contributed by atoms with Gasteiger partial charge in [0.15, 0.2) is 18.0 Å². The molecular weight excluding hydrogens is 536 g/mol. The van der Waals surface area contributed by atoms with Gasteiger partial charge in [0.2, 0.25) is 5.78 Å². The van der Waals surface area contributed by atoms with Gasteiger partial charge in [-0.3, -0.25) is 24.0 Å². The summed E-state index contributed by atoms with van der Waals surface area (Å²) >= 11 is 7.77. The molecule has 8 atom stereocenters. The van der Waals surface area contributed by atoms with Crippen molar-refractivity contribution in [3.63, 3.8) is 0 Å². The highest BCUT2D eigenvalue weighted by Crippen LogP contribution is 2.72. The molecule has 0 bridgehead atoms. The van der Waals surface area contributed by atoms with Crippen molar-refractivity contribution in [3.05, 3.63) is 23.8 Å². The summed E-state index contributed by atoms with van der Waals surface area (Å²) in [5.74, 6) is -2.83. The van der Waals surface area contributed by atoms with Gasteiger partial charge < -0.3 is 14.2 Å². The Morgan fingerprint density at radius 2 is 1.65 bits per heavy atom. The fourth-order valence-corrected chi connectivity index (χ4v) is 8.91. The fourth-order valence-electron chi connectivity index (χ4n) is 8.34. The molecule has 0 amide bonds. The molecular formula is C31H41ClO8. The lowest BCUT2D eigenvalue weighted by atomic mass is 9.45. The first-order valence-corrected chi connectivity index (χ1v) is 14.9. The van der Waals surface area contributed by atoms with E-state index in [9.17, 15) is 24.0 Å². The van der Waals surface area contributed by atoms with Gasteiger partial charge in [-0.2, -0.15) is 0 Å². The first kappa shape index (κ1) is 30.5. The van der Waals surface area contributed by atoms with Gasteiger partial charge in [0, 0.05) is 36.0 Å². The zero-order valence-electron chi connectivity index (χ0n) is 24.3. The highest BCUT2D eigenvalue weighted by Gasteiger charge is 2.77. The quantitative estimate of drug-likeness (QED) is 0.224. The van der Waals surface area contributed by atoms with E-state index in [1.54, 1.807) is 26.8 Å². The van der Waals surface area contributed by atoms with Crippen LogP contribution in [-0.2, 0) is 38.2 Å². The zero-order chi connectivity index (χ0) is 29.7. The second-order valence-corrected chi connectivity index (χ2v) is 12.8. The van der Waals surface area contributed by atoms with Crippen LogP contribution < -0.4 is 0 Å². The Labute approximate surface area is 241 Å². The predicted octanol–water partition coefficient (Wildman–Crippen LogP) is 5.05. The maximum absolute atomic E-state index is 14.1. The molecule has 9 heteroatoms. The first-order chi connectivity index (χ1) is 18.7. The molecule has 3 fully saturated rings. The molecule has 4 aliphatic rings. The van der Waals surface area contributed by atoms with Crippen molar-refractivity contribution in [3.8, 4) is 0 Å². The van der Waals surface area contributed by atoms with Crippen molar-refractivity contribution in [2.75, 3.05) is 6.61 Å². The fraction of sp³-hybridized carbons (Fsp3) is 0.710. The Bertz CT molecular complexity index is 1170. The lowest BCUT2D eigenvalue weighted by Crippen LogP contribution is -2.70. The first-order valence-electron chi connectivity index (χ1n) is 14.5. The van der Waals surface area contributed by atoms with E-state index in [0.717, 1.165) is 5.57 Å². The van der Waals surface area contributed by atoms with Crippen molar-refractivity contribution < 1.29 is 38.2 Å². The van der Waals surface area contributed by atoms with E-state index in [2.05, 4.69) is 0 Å². The molecule has 0 aliphatic heterocycles. The maximum atomic E-state index is 14.1. The molecule has 0 spiro atoms. The molecule has 0 aromatic carbocycles. The number of allylic oxidation sites excluding steroid dienone is 4. The minimum atomic E-state index is -1.59. The second-order valence-electron chi connectivity index (χ2n) is 12.2. The van der Waals surface area contributed by atoms with Gasteiger partial charge >= 0.3 is 17.9 Å². The van der Waals surface area contributed by atoms with Crippen LogP contribution >= 0.6 is 11.6 Å². The molecule has 3 saturated carbocycles. The van der Waals surface area contributed by atoms with Gasteiger partial charge in [-0.05, 0) is 49.7 Å². The standard InChI is InChI=1S/C31H41ClO8/c1-7-25(35)38-17-23(34)31(40-27(37)9-3)18(4)14-22-21-11-10-19-15-20(33)12-13-28(19,5)30(21,32)24(16-29(22,31)6)39-26(36)8-2/h12-13,15,18,21-22,24H,7-11,14,16-17H2,1-6H3/t18-,21-,22-,24-,28-,29-,30-,31-/m0/s1. The van der Waals surface area contributed by atoms with Crippen molar-refractivity contribution >= 4 is 41.1 Å². The lowest BCUT2D eigenvalue weighted by molar-refractivity contribution is -0.208. The van der Waals surface area contributed by atoms with Crippen molar-refractivity contribution in [1.82, 2.24) is 0 Å². The molecule has 40 heavy (non-hydrogen) atoms. The zero-order valence-corrected chi connectivity index (χ0v) is 25.1. The van der Waals surface area contributed by atoms with E-state index < -0.39 is 63.6 Å². The molecule has 4 rings (SSSR count). The summed E-state index contributed by atoms with van der Waals surface area (Å²) in [4.78, 5) is 63.1. The van der Waals surface area contributed by atoms with Crippen molar-refractivity contribution in [1.29, 1.82) is 0 Å². The van der Waals surface area contributed by atoms with Crippen LogP contribution in [0.1, 0.15) is 86.5 Å².